The van der Waals surface area contributed by atoms with Crippen molar-refractivity contribution in [1.82, 2.24) is 4.72 Å². The van der Waals surface area contributed by atoms with Crippen molar-refractivity contribution in [3.05, 3.63) is 28.3 Å². The van der Waals surface area contributed by atoms with Gasteiger partial charge in [0.05, 0.1) is 11.5 Å². The predicted octanol–water partition coefficient (Wildman–Crippen LogP) is 3.00. The molecule has 0 aliphatic heterocycles. The monoisotopic (exact) mass is 331 g/mol. The number of rotatable bonds is 5. The van der Waals surface area contributed by atoms with Crippen molar-refractivity contribution in [3.8, 4) is 0 Å². The van der Waals surface area contributed by atoms with Gasteiger partial charge in [0.1, 0.15) is 0 Å². The van der Waals surface area contributed by atoms with E-state index in [0.717, 1.165) is 25.7 Å². The van der Waals surface area contributed by atoms with Gasteiger partial charge in [0.25, 0.3) is 0 Å². The molecule has 6 heteroatoms. The van der Waals surface area contributed by atoms with Crippen molar-refractivity contribution in [1.29, 1.82) is 0 Å². The van der Waals surface area contributed by atoms with Crippen LogP contribution in [0.4, 0.5) is 0 Å². The summed E-state index contributed by atoms with van der Waals surface area (Å²) in [6.07, 6.45) is 4.41. The fraction of sp³-hybridized carbons (Fsp3) is 0.600. The number of halogens is 1. The van der Waals surface area contributed by atoms with Gasteiger partial charge in [0, 0.05) is 11.6 Å². The Bertz CT molecular complexity index is 622. The summed E-state index contributed by atoms with van der Waals surface area (Å²) in [6.45, 7) is 4.02. The van der Waals surface area contributed by atoms with Crippen LogP contribution in [-0.2, 0) is 16.6 Å². The van der Waals surface area contributed by atoms with Crippen LogP contribution in [0.3, 0.4) is 0 Å². The highest BCUT2D eigenvalue weighted by atomic mass is 35.5. The van der Waals surface area contributed by atoms with Crippen molar-refractivity contribution in [2.45, 2.75) is 51.0 Å². The van der Waals surface area contributed by atoms with Crippen molar-refractivity contribution < 1.29 is 13.5 Å². The topological polar surface area (TPSA) is 66.4 Å². The molecule has 21 heavy (non-hydrogen) atoms. The lowest BCUT2D eigenvalue weighted by Gasteiger charge is -2.24. The summed E-state index contributed by atoms with van der Waals surface area (Å²) < 4.78 is 27.8. The molecule has 4 nitrogen and oxygen atoms in total. The van der Waals surface area contributed by atoms with Crippen LogP contribution in [0, 0.1) is 12.3 Å². The van der Waals surface area contributed by atoms with E-state index in [1.165, 1.54) is 6.07 Å². The van der Waals surface area contributed by atoms with Crippen LogP contribution in [-0.4, -0.2) is 20.1 Å². The molecule has 1 fully saturated rings. The number of aliphatic hydroxyl groups excluding tert-OH is 1. The van der Waals surface area contributed by atoms with Crippen LogP contribution in [0.1, 0.15) is 43.7 Å². The number of hydrogen-bond acceptors (Lipinski definition) is 3. The number of sulfonamides is 1. The zero-order chi connectivity index (χ0) is 15.7. The molecule has 0 aromatic heterocycles. The third-order valence-electron chi connectivity index (χ3n) is 4.39. The Morgan fingerprint density at radius 1 is 1.33 bits per heavy atom. The maximum absolute atomic E-state index is 12.5. The minimum atomic E-state index is -3.62. The predicted molar refractivity (Wildman–Crippen MR) is 83.9 cm³/mol. The van der Waals surface area contributed by atoms with E-state index >= 15 is 0 Å². The molecule has 1 saturated carbocycles. The Labute approximate surface area is 131 Å². The van der Waals surface area contributed by atoms with Crippen molar-refractivity contribution >= 4 is 21.6 Å². The molecule has 0 radical (unpaired) electrons. The molecule has 0 saturated heterocycles. The number of aliphatic hydroxyl groups is 1. The first-order valence-corrected chi connectivity index (χ1v) is 9.03. The Morgan fingerprint density at radius 3 is 2.52 bits per heavy atom. The van der Waals surface area contributed by atoms with Crippen LogP contribution in [0.5, 0.6) is 0 Å². The van der Waals surface area contributed by atoms with E-state index in [4.69, 9.17) is 11.6 Å². The third kappa shape index (κ3) is 3.77. The van der Waals surface area contributed by atoms with Crippen molar-refractivity contribution in [2.75, 3.05) is 6.54 Å². The van der Waals surface area contributed by atoms with Crippen molar-refractivity contribution in [2.24, 2.45) is 5.41 Å². The number of hydrogen-bond donors (Lipinski definition) is 2. The molecule has 2 rings (SSSR count). The molecule has 1 aliphatic rings. The van der Waals surface area contributed by atoms with Gasteiger partial charge in [-0.15, -0.1) is 0 Å². The van der Waals surface area contributed by atoms with Gasteiger partial charge in [-0.25, -0.2) is 13.1 Å². The number of nitrogens with one attached hydrogen (secondary N) is 1. The molecule has 0 spiro atoms. The van der Waals surface area contributed by atoms with Gasteiger partial charge in [0.2, 0.25) is 10.0 Å². The highest BCUT2D eigenvalue weighted by molar-refractivity contribution is 7.89. The molecule has 1 aromatic rings. The lowest BCUT2D eigenvalue weighted by atomic mass is 9.89. The minimum Gasteiger partial charge on any atom is -0.392 e. The highest BCUT2D eigenvalue weighted by Gasteiger charge is 2.30. The molecule has 0 heterocycles. The molecule has 2 N–H and O–H groups in total. The summed E-state index contributed by atoms with van der Waals surface area (Å²) in [6, 6.07) is 3.03. The van der Waals surface area contributed by atoms with Gasteiger partial charge in [-0.05, 0) is 48.4 Å². The fourth-order valence-electron chi connectivity index (χ4n) is 2.90. The summed E-state index contributed by atoms with van der Waals surface area (Å²) in [5.74, 6) is 0. The second-order valence-electron chi connectivity index (χ2n) is 6.19. The van der Waals surface area contributed by atoms with Gasteiger partial charge >= 0.3 is 0 Å². The summed E-state index contributed by atoms with van der Waals surface area (Å²) in [7, 11) is -3.62. The molecular formula is C15H22ClNO3S. The van der Waals surface area contributed by atoms with Gasteiger partial charge in [-0.2, -0.15) is 0 Å². The quantitative estimate of drug-likeness (QED) is 0.871. The van der Waals surface area contributed by atoms with E-state index in [9.17, 15) is 13.5 Å². The zero-order valence-electron chi connectivity index (χ0n) is 12.4. The molecule has 0 unspecified atom stereocenters. The smallest absolute Gasteiger partial charge is 0.240 e. The van der Waals surface area contributed by atoms with Gasteiger partial charge in [0.15, 0.2) is 0 Å². The van der Waals surface area contributed by atoms with E-state index in [1.807, 2.05) is 0 Å². The standard InChI is InChI=1S/C15H22ClNO3S/c1-11-12(9-18)7-13(16)8-14(11)21(19,20)17-10-15(2)5-3-4-6-15/h7-8,17-18H,3-6,9-10H2,1-2H3. The largest absolute Gasteiger partial charge is 0.392 e. The lowest BCUT2D eigenvalue weighted by molar-refractivity contribution is 0.280. The summed E-state index contributed by atoms with van der Waals surface area (Å²) in [5.41, 5.74) is 1.13. The normalized spacial score (nSPS) is 18.1. The number of benzene rings is 1. The van der Waals surface area contributed by atoms with E-state index in [2.05, 4.69) is 11.6 Å². The lowest BCUT2D eigenvalue weighted by Crippen LogP contribution is -2.34. The van der Waals surface area contributed by atoms with Crippen LogP contribution in [0.15, 0.2) is 17.0 Å². The Kier molecular flexibility index (Phi) is 4.98. The van der Waals surface area contributed by atoms with Gasteiger partial charge in [-0.3, -0.25) is 0 Å². The maximum atomic E-state index is 12.5. The molecule has 0 bridgehead atoms. The van der Waals surface area contributed by atoms with Gasteiger partial charge in [-0.1, -0.05) is 31.4 Å². The van der Waals surface area contributed by atoms with E-state index in [-0.39, 0.29) is 16.9 Å². The molecule has 0 amide bonds. The van der Waals surface area contributed by atoms with Crippen molar-refractivity contribution in [3.63, 3.8) is 0 Å². The minimum absolute atomic E-state index is 0.0410. The average Bonchev–Trinajstić information content (AvgIpc) is 2.86. The molecule has 1 aliphatic carbocycles. The van der Waals surface area contributed by atoms with Crippen LogP contribution >= 0.6 is 11.6 Å². The first-order chi connectivity index (χ1) is 9.77. The van der Waals surface area contributed by atoms with Gasteiger partial charge < -0.3 is 5.11 Å². The Balaban J connectivity index is 2.25. The summed E-state index contributed by atoms with van der Waals surface area (Å²) in [5, 5.41) is 9.62. The highest BCUT2D eigenvalue weighted by Crippen LogP contribution is 2.37. The molecule has 0 atom stereocenters. The first-order valence-electron chi connectivity index (χ1n) is 7.17. The molecule has 1 aromatic carbocycles. The molecule has 118 valence electrons. The second-order valence-corrected chi connectivity index (χ2v) is 8.36. The molecular weight excluding hydrogens is 310 g/mol. The zero-order valence-corrected chi connectivity index (χ0v) is 14.0. The van der Waals surface area contributed by atoms with E-state index in [1.54, 1.807) is 13.0 Å². The fourth-order valence-corrected chi connectivity index (χ4v) is 4.72. The Morgan fingerprint density at radius 2 is 1.95 bits per heavy atom. The van der Waals surface area contributed by atoms with E-state index in [0.29, 0.717) is 22.7 Å². The summed E-state index contributed by atoms with van der Waals surface area (Å²) >= 11 is 5.96. The Hall–Kier alpha value is -0.620. The second kappa shape index (κ2) is 6.24. The van der Waals surface area contributed by atoms with Crippen LogP contribution in [0.2, 0.25) is 5.02 Å². The summed E-state index contributed by atoms with van der Waals surface area (Å²) in [4.78, 5) is 0.153. The van der Waals surface area contributed by atoms with E-state index < -0.39 is 10.0 Å². The maximum Gasteiger partial charge on any atom is 0.240 e. The van der Waals surface area contributed by atoms with Crippen LogP contribution < -0.4 is 4.72 Å². The average molecular weight is 332 g/mol. The van der Waals surface area contributed by atoms with Crippen LogP contribution in [0.25, 0.3) is 0 Å². The SMILES string of the molecule is Cc1c(CO)cc(Cl)cc1S(=O)(=O)NCC1(C)CCCC1. The first kappa shape index (κ1) is 16.7. The third-order valence-corrected chi connectivity index (χ3v) is 6.14.